The summed E-state index contributed by atoms with van der Waals surface area (Å²) in [7, 11) is 0. The van der Waals surface area contributed by atoms with Gasteiger partial charge in [-0.1, -0.05) is 12.1 Å². The van der Waals surface area contributed by atoms with Crippen molar-refractivity contribution in [3.8, 4) is 0 Å². The van der Waals surface area contributed by atoms with Gasteiger partial charge in [0.05, 0.1) is 17.6 Å². The highest BCUT2D eigenvalue weighted by molar-refractivity contribution is 9.10. The van der Waals surface area contributed by atoms with Crippen molar-refractivity contribution in [2.24, 2.45) is 0 Å². The average Bonchev–Trinajstić information content (AvgIpc) is 2.96. The van der Waals surface area contributed by atoms with E-state index in [1.807, 2.05) is 12.1 Å². The molecule has 0 bridgehead atoms. The van der Waals surface area contributed by atoms with E-state index in [0.717, 1.165) is 28.8 Å². The number of nitrogens with zero attached hydrogens (tertiary/aromatic N) is 2. The van der Waals surface area contributed by atoms with E-state index in [0.29, 0.717) is 5.88 Å². The minimum atomic E-state index is 0.595. The summed E-state index contributed by atoms with van der Waals surface area (Å²) in [6.45, 7) is 0.850. The first kappa shape index (κ1) is 13.2. The van der Waals surface area contributed by atoms with Gasteiger partial charge in [-0.25, -0.2) is 4.98 Å². The number of para-hydroxylation sites is 2. The van der Waals surface area contributed by atoms with Crippen LogP contribution >= 0.6 is 38.9 Å². The summed E-state index contributed by atoms with van der Waals surface area (Å²) in [5, 5.41) is 2.11. The summed E-state index contributed by atoms with van der Waals surface area (Å²) in [6.07, 6.45) is 0.794. The first-order valence-corrected chi connectivity index (χ1v) is 8.21. The van der Waals surface area contributed by atoms with Crippen molar-refractivity contribution in [1.29, 1.82) is 0 Å². The number of aromatic nitrogens is 2. The zero-order valence-electron chi connectivity index (χ0n) is 10.1. The molecule has 0 aliphatic carbocycles. The minimum absolute atomic E-state index is 0.595. The molecule has 2 nitrogen and oxygen atoms in total. The van der Waals surface area contributed by atoms with E-state index in [1.54, 1.807) is 11.3 Å². The molecule has 2 heterocycles. The van der Waals surface area contributed by atoms with E-state index >= 15 is 0 Å². The molecule has 0 N–H and O–H groups in total. The van der Waals surface area contributed by atoms with E-state index in [4.69, 9.17) is 11.6 Å². The Bertz CT molecular complexity index is 704. The molecule has 0 radical (unpaired) electrons. The molecule has 0 aliphatic rings. The maximum Gasteiger partial charge on any atom is 0.111 e. The van der Waals surface area contributed by atoms with Gasteiger partial charge in [-0.3, -0.25) is 0 Å². The maximum atomic E-state index is 5.88. The van der Waals surface area contributed by atoms with Crippen LogP contribution in [-0.4, -0.2) is 15.4 Å². The Morgan fingerprint density at radius 3 is 2.89 bits per heavy atom. The molecule has 0 fully saturated rings. The maximum absolute atomic E-state index is 5.88. The molecule has 98 valence electrons. The molecule has 0 amide bonds. The highest BCUT2D eigenvalue weighted by atomic mass is 79.9. The van der Waals surface area contributed by atoms with Gasteiger partial charge in [-0.15, -0.1) is 22.9 Å². The molecule has 3 rings (SSSR count). The number of aryl methyl sites for hydroxylation is 1. The van der Waals surface area contributed by atoms with Crippen molar-refractivity contribution < 1.29 is 0 Å². The van der Waals surface area contributed by atoms with Crippen LogP contribution in [0.4, 0.5) is 0 Å². The average molecular weight is 356 g/mol. The zero-order chi connectivity index (χ0) is 13.2. The molecule has 19 heavy (non-hydrogen) atoms. The van der Waals surface area contributed by atoms with E-state index in [1.165, 1.54) is 10.4 Å². The third kappa shape index (κ3) is 2.71. The van der Waals surface area contributed by atoms with Crippen molar-refractivity contribution in [2.75, 3.05) is 5.88 Å². The number of thiophene rings is 1. The Balaban J connectivity index is 2.06. The normalized spacial score (nSPS) is 11.3. The number of benzene rings is 1. The molecule has 0 unspecified atom stereocenters. The Labute approximate surface area is 129 Å². The van der Waals surface area contributed by atoms with Crippen molar-refractivity contribution in [3.63, 3.8) is 0 Å². The second-order valence-corrected chi connectivity index (χ2v) is 6.56. The monoisotopic (exact) mass is 354 g/mol. The minimum Gasteiger partial charge on any atom is -0.323 e. The Morgan fingerprint density at radius 2 is 2.16 bits per heavy atom. The number of alkyl halides is 1. The lowest BCUT2D eigenvalue weighted by Crippen LogP contribution is -2.04. The number of fused-ring (bicyclic) bond motifs is 1. The van der Waals surface area contributed by atoms with Gasteiger partial charge in [0.1, 0.15) is 5.82 Å². The third-order valence-corrected chi connectivity index (χ3v) is 4.86. The Hall–Kier alpha value is -0.840. The van der Waals surface area contributed by atoms with E-state index < -0.39 is 0 Å². The van der Waals surface area contributed by atoms with Gasteiger partial charge < -0.3 is 4.57 Å². The number of rotatable bonds is 4. The Kier molecular flexibility index (Phi) is 3.91. The standard InChI is InChI=1S/C14H12BrClN2S/c15-10-7-11(19-9-10)8-18-13-4-2-1-3-12(13)17-14(18)5-6-16/h1-4,7,9H,5-6,8H2. The van der Waals surface area contributed by atoms with Crippen LogP contribution in [0.25, 0.3) is 11.0 Å². The van der Waals surface area contributed by atoms with Crippen molar-refractivity contribution in [1.82, 2.24) is 9.55 Å². The van der Waals surface area contributed by atoms with Gasteiger partial charge in [-0.2, -0.15) is 0 Å². The van der Waals surface area contributed by atoms with Gasteiger partial charge in [0.15, 0.2) is 0 Å². The molecule has 0 aliphatic heterocycles. The van der Waals surface area contributed by atoms with Crippen LogP contribution in [0.5, 0.6) is 0 Å². The predicted octanol–water partition coefficient (Wildman–Crippen LogP) is 4.69. The quantitative estimate of drug-likeness (QED) is 0.621. The molecule has 0 spiro atoms. The lowest BCUT2D eigenvalue weighted by atomic mass is 10.3. The summed E-state index contributed by atoms with van der Waals surface area (Å²) in [5.41, 5.74) is 2.21. The van der Waals surface area contributed by atoms with E-state index in [2.05, 4.69) is 49.1 Å². The molecular weight excluding hydrogens is 344 g/mol. The van der Waals surface area contributed by atoms with Gasteiger partial charge in [-0.05, 0) is 34.1 Å². The van der Waals surface area contributed by atoms with Crippen LogP contribution in [0.1, 0.15) is 10.7 Å². The van der Waals surface area contributed by atoms with Crippen LogP contribution in [0.2, 0.25) is 0 Å². The van der Waals surface area contributed by atoms with Crippen LogP contribution < -0.4 is 0 Å². The highest BCUT2D eigenvalue weighted by Gasteiger charge is 2.11. The number of halogens is 2. The molecule has 0 saturated carbocycles. The van der Waals surface area contributed by atoms with Crippen LogP contribution in [0, 0.1) is 0 Å². The highest BCUT2D eigenvalue weighted by Crippen LogP contribution is 2.24. The fourth-order valence-electron chi connectivity index (χ4n) is 2.17. The van der Waals surface area contributed by atoms with Crippen molar-refractivity contribution in [3.05, 3.63) is 50.9 Å². The fraction of sp³-hybridized carbons (Fsp3) is 0.214. The van der Waals surface area contributed by atoms with Crippen LogP contribution in [-0.2, 0) is 13.0 Å². The summed E-state index contributed by atoms with van der Waals surface area (Å²) < 4.78 is 3.39. The largest absolute Gasteiger partial charge is 0.323 e. The third-order valence-electron chi connectivity index (χ3n) is 2.99. The topological polar surface area (TPSA) is 17.8 Å². The fourth-order valence-corrected chi connectivity index (χ4v) is 3.78. The molecule has 5 heteroatoms. The lowest BCUT2D eigenvalue weighted by Gasteiger charge is -2.06. The second kappa shape index (κ2) is 5.65. The smallest absolute Gasteiger partial charge is 0.111 e. The summed E-state index contributed by atoms with van der Waals surface area (Å²) in [5.74, 6) is 1.65. The second-order valence-electron chi connectivity index (χ2n) is 4.27. The van der Waals surface area contributed by atoms with Crippen LogP contribution in [0.15, 0.2) is 40.2 Å². The SMILES string of the molecule is ClCCc1nc2ccccc2n1Cc1cc(Br)cs1. The van der Waals surface area contributed by atoms with E-state index in [9.17, 15) is 0 Å². The lowest BCUT2D eigenvalue weighted by molar-refractivity contribution is 0.763. The van der Waals surface area contributed by atoms with Crippen molar-refractivity contribution in [2.45, 2.75) is 13.0 Å². The first-order valence-electron chi connectivity index (χ1n) is 6.01. The predicted molar refractivity (Wildman–Crippen MR) is 85.3 cm³/mol. The molecule has 1 aromatic carbocycles. The first-order chi connectivity index (χ1) is 9.28. The van der Waals surface area contributed by atoms with Gasteiger partial charge in [0, 0.05) is 27.0 Å². The van der Waals surface area contributed by atoms with Gasteiger partial charge in [0.2, 0.25) is 0 Å². The summed E-state index contributed by atoms with van der Waals surface area (Å²) in [4.78, 5) is 5.99. The molecule has 2 aromatic heterocycles. The summed E-state index contributed by atoms with van der Waals surface area (Å²) in [6, 6.07) is 10.4. The number of hydrogen-bond acceptors (Lipinski definition) is 2. The van der Waals surface area contributed by atoms with E-state index in [-0.39, 0.29) is 0 Å². The summed E-state index contributed by atoms with van der Waals surface area (Å²) >= 11 is 11.1. The van der Waals surface area contributed by atoms with Crippen LogP contribution in [0.3, 0.4) is 0 Å². The molecule has 3 aromatic rings. The number of imidazole rings is 1. The van der Waals surface area contributed by atoms with Gasteiger partial charge in [0.25, 0.3) is 0 Å². The van der Waals surface area contributed by atoms with Crippen molar-refractivity contribution >= 4 is 49.9 Å². The zero-order valence-corrected chi connectivity index (χ0v) is 13.3. The molecule has 0 atom stereocenters. The molecular formula is C14H12BrClN2S. The molecule has 0 saturated heterocycles. The van der Waals surface area contributed by atoms with Gasteiger partial charge >= 0.3 is 0 Å². The number of hydrogen-bond donors (Lipinski definition) is 0. The Morgan fingerprint density at radius 1 is 1.32 bits per heavy atom.